The zero-order valence-electron chi connectivity index (χ0n) is 23.4. The Bertz CT molecular complexity index is 682. The number of imide groups is 1. The first-order valence-electron chi connectivity index (χ1n) is 14.6. The van der Waals surface area contributed by atoms with E-state index in [1.807, 2.05) is 13.8 Å². The van der Waals surface area contributed by atoms with Gasteiger partial charge in [-0.3, -0.25) is 14.5 Å². The molecule has 2 fully saturated rings. The van der Waals surface area contributed by atoms with Crippen LogP contribution in [0.2, 0.25) is 0 Å². The molecule has 0 spiro atoms. The van der Waals surface area contributed by atoms with Crippen molar-refractivity contribution >= 4 is 11.8 Å². The molecule has 1 saturated carbocycles. The highest BCUT2D eigenvalue weighted by Crippen LogP contribution is 2.51. The lowest BCUT2D eigenvalue weighted by Gasteiger charge is -2.44. The van der Waals surface area contributed by atoms with Gasteiger partial charge in [0.05, 0.1) is 5.92 Å². The Hall–Kier alpha value is -1.11. The summed E-state index contributed by atoms with van der Waals surface area (Å²) < 4.78 is 40.4. The van der Waals surface area contributed by atoms with Crippen LogP contribution in [0.5, 0.6) is 0 Å². The fraction of sp³-hybridized carbons (Fsp3) is 0.931. The molecule has 1 saturated heterocycles. The second kappa shape index (κ2) is 14.2. The molecule has 2 rings (SSSR count). The number of amides is 2. The van der Waals surface area contributed by atoms with Crippen molar-refractivity contribution in [2.24, 2.45) is 23.2 Å². The number of nitrogens with one attached hydrogen (secondary N) is 1. The van der Waals surface area contributed by atoms with Gasteiger partial charge in [0.25, 0.3) is 0 Å². The van der Waals surface area contributed by atoms with Crippen LogP contribution in [-0.2, 0) is 9.59 Å². The van der Waals surface area contributed by atoms with Crippen molar-refractivity contribution in [3.05, 3.63) is 0 Å². The molecule has 1 heterocycles. The molecule has 0 aromatic heterocycles. The highest BCUT2D eigenvalue weighted by Gasteiger charge is 2.52. The standard InChI is InChI=1S/C29H51F3N2O2/c1-6-28(7-2,23-16-12-9-8-10-13-17-23)24-20-26(35)34(27(24)36)19-15-11-14-18-25(29(30,31)32)33-22(5)21(3)4/h21-25,33H,6-20H2,1-5H3. The summed E-state index contributed by atoms with van der Waals surface area (Å²) in [5.74, 6) is 0.222. The normalized spacial score (nSPS) is 22.7. The molecule has 3 atom stereocenters. The van der Waals surface area contributed by atoms with Gasteiger partial charge in [0.15, 0.2) is 0 Å². The third-order valence-corrected chi connectivity index (χ3v) is 9.41. The predicted molar refractivity (Wildman–Crippen MR) is 139 cm³/mol. The Morgan fingerprint density at radius 3 is 2.03 bits per heavy atom. The first-order chi connectivity index (χ1) is 17.0. The van der Waals surface area contributed by atoms with Crippen molar-refractivity contribution in [2.75, 3.05) is 6.54 Å². The second-order valence-electron chi connectivity index (χ2n) is 11.8. The fourth-order valence-electron chi connectivity index (χ4n) is 6.65. The van der Waals surface area contributed by atoms with E-state index < -0.39 is 12.2 Å². The lowest BCUT2D eigenvalue weighted by atomic mass is 9.59. The molecule has 0 bridgehead atoms. The first-order valence-corrected chi connectivity index (χ1v) is 14.6. The topological polar surface area (TPSA) is 49.4 Å². The summed E-state index contributed by atoms with van der Waals surface area (Å²) in [5, 5.41) is 2.73. The summed E-state index contributed by atoms with van der Waals surface area (Å²) in [5.41, 5.74) is -0.127. The summed E-state index contributed by atoms with van der Waals surface area (Å²) in [6.45, 7) is 10.3. The largest absolute Gasteiger partial charge is 0.403 e. The smallest absolute Gasteiger partial charge is 0.303 e. The van der Waals surface area contributed by atoms with Crippen LogP contribution in [0.1, 0.15) is 125 Å². The zero-order valence-corrected chi connectivity index (χ0v) is 23.4. The Kier molecular flexibility index (Phi) is 12.2. The SMILES string of the molecule is CCC(CC)(C1CCCCCCC1)C1CC(=O)N(CCCCCC(NC(C)C(C)C)C(F)(F)F)C1=O. The number of likely N-dealkylation sites (tertiary alicyclic amines) is 1. The number of carbonyl (C=O) groups is 2. The van der Waals surface area contributed by atoms with Crippen LogP contribution in [0.4, 0.5) is 13.2 Å². The maximum atomic E-state index is 13.5. The van der Waals surface area contributed by atoms with E-state index in [0.717, 1.165) is 25.7 Å². The number of unbranched alkanes of at least 4 members (excludes halogenated alkanes) is 2. The number of carbonyl (C=O) groups excluding carboxylic acids is 2. The molecule has 2 amide bonds. The predicted octanol–water partition coefficient (Wildman–Crippen LogP) is 7.65. The van der Waals surface area contributed by atoms with Crippen molar-refractivity contribution < 1.29 is 22.8 Å². The van der Waals surface area contributed by atoms with E-state index in [2.05, 4.69) is 19.2 Å². The average Bonchev–Trinajstić information content (AvgIpc) is 3.07. The van der Waals surface area contributed by atoms with Gasteiger partial charge in [0.2, 0.25) is 11.8 Å². The number of alkyl halides is 3. The van der Waals surface area contributed by atoms with E-state index in [-0.39, 0.29) is 41.5 Å². The molecular formula is C29H51F3N2O2. The van der Waals surface area contributed by atoms with E-state index in [4.69, 9.17) is 0 Å². The van der Waals surface area contributed by atoms with E-state index >= 15 is 0 Å². The average molecular weight is 517 g/mol. The molecule has 36 heavy (non-hydrogen) atoms. The Morgan fingerprint density at radius 1 is 0.917 bits per heavy atom. The summed E-state index contributed by atoms with van der Waals surface area (Å²) in [7, 11) is 0. The van der Waals surface area contributed by atoms with Gasteiger partial charge in [0, 0.05) is 19.0 Å². The molecule has 0 radical (unpaired) electrons. The van der Waals surface area contributed by atoms with Crippen LogP contribution in [0.25, 0.3) is 0 Å². The zero-order chi connectivity index (χ0) is 26.9. The van der Waals surface area contributed by atoms with Crippen LogP contribution in [0, 0.1) is 23.2 Å². The molecule has 0 aromatic carbocycles. The molecular weight excluding hydrogens is 465 g/mol. The highest BCUT2D eigenvalue weighted by atomic mass is 19.4. The number of hydrogen-bond acceptors (Lipinski definition) is 3. The second-order valence-corrected chi connectivity index (χ2v) is 11.8. The quantitative estimate of drug-likeness (QED) is 0.202. The molecule has 1 aliphatic heterocycles. The van der Waals surface area contributed by atoms with Crippen molar-refractivity contribution in [3.8, 4) is 0 Å². The molecule has 4 nitrogen and oxygen atoms in total. The van der Waals surface area contributed by atoms with Crippen molar-refractivity contribution in [1.29, 1.82) is 0 Å². The van der Waals surface area contributed by atoms with E-state index in [1.54, 1.807) is 6.92 Å². The Morgan fingerprint density at radius 2 is 1.50 bits per heavy atom. The molecule has 3 unspecified atom stereocenters. The Balaban J connectivity index is 1.94. The maximum absolute atomic E-state index is 13.5. The molecule has 7 heteroatoms. The number of rotatable bonds is 13. The summed E-state index contributed by atoms with van der Waals surface area (Å²) in [6, 6.07) is -1.74. The van der Waals surface area contributed by atoms with E-state index in [1.165, 1.54) is 37.0 Å². The lowest BCUT2D eigenvalue weighted by molar-refractivity contribution is -0.159. The van der Waals surface area contributed by atoms with Crippen molar-refractivity contribution in [3.63, 3.8) is 0 Å². The third kappa shape index (κ3) is 7.94. The summed E-state index contributed by atoms with van der Waals surface area (Å²) in [6.07, 6.45) is 7.89. The van der Waals surface area contributed by atoms with Crippen LogP contribution in [-0.4, -0.2) is 41.5 Å². The van der Waals surface area contributed by atoms with Gasteiger partial charge >= 0.3 is 6.18 Å². The van der Waals surface area contributed by atoms with E-state index in [0.29, 0.717) is 38.1 Å². The van der Waals surface area contributed by atoms with Crippen LogP contribution < -0.4 is 5.32 Å². The van der Waals surface area contributed by atoms with Crippen LogP contribution >= 0.6 is 0 Å². The molecule has 1 aliphatic carbocycles. The summed E-state index contributed by atoms with van der Waals surface area (Å²) >= 11 is 0. The lowest BCUT2D eigenvalue weighted by Crippen LogP contribution is -2.48. The monoisotopic (exact) mass is 516 g/mol. The maximum Gasteiger partial charge on any atom is 0.403 e. The van der Waals surface area contributed by atoms with Gasteiger partial charge in [0.1, 0.15) is 6.04 Å². The van der Waals surface area contributed by atoms with Crippen LogP contribution in [0.15, 0.2) is 0 Å². The minimum absolute atomic E-state index is 0.0154. The number of nitrogens with zero attached hydrogens (tertiary/aromatic N) is 1. The minimum atomic E-state index is -4.28. The molecule has 1 N–H and O–H groups in total. The molecule has 210 valence electrons. The fourth-order valence-corrected chi connectivity index (χ4v) is 6.65. The number of hydrogen-bond donors (Lipinski definition) is 1. The van der Waals surface area contributed by atoms with Gasteiger partial charge in [-0.05, 0) is 62.7 Å². The van der Waals surface area contributed by atoms with Crippen molar-refractivity contribution in [2.45, 2.75) is 143 Å². The first kappa shape index (κ1) is 31.1. The third-order valence-electron chi connectivity index (χ3n) is 9.41. The van der Waals surface area contributed by atoms with E-state index in [9.17, 15) is 22.8 Å². The molecule has 2 aliphatic rings. The summed E-state index contributed by atoms with van der Waals surface area (Å²) in [4.78, 5) is 27.9. The van der Waals surface area contributed by atoms with Gasteiger partial charge in [-0.2, -0.15) is 13.2 Å². The van der Waals surface area contributed by atoms with Crippen molar-refractivity contribution in [1.82, 2.24) is 10.2 Å². The van der Waals surface area contributed by atoms with Gasteiger partial charge in [-0.1, -0.05) is 72.6 Å². The Labute approximate surface area is 217 Å². The number of halogens is 3. The molecule has 0 aromatic rings. The van der Waals surface area contributed by atoms with Crippen LogP contribution in [0.3, 0.4) is 0 Å². The highest BCUT2D eigenvalue weighted by molar-refractivity contribution is 6.04. The van der Waals surface area contributed by atoms with Gasteiger partial charge in [-0.15, -0.1) is 0 Å². The van der Waals surface area contributed by atoms with Gasteiger partial charge in [-0.25, -0.2) is 0 Å². The minimum Gasteiger partial charge on any atom is -0.303 e. The van der Waals surface area contributed by atoms with Gasteiger partial charge < -0.3 is 5.32 Å².